The number of benzene rings is 1. The highest BCUT2D eigenvalue weighted by Gasteiger charge is 2.20. The Morgan fingerprint density at radius 1 is 1.18 bits per heavy atom. The van der Waals surface area contributed by atoms with Crippen LogP contribution < -0.4 is 10.6 Å². The maximum atomic E-state index is 12.0. The molecule has 22 heavy (non-hydrogen) atoms. The summed E-state index contributed by atoms with van der Waals surface area (Å²) in [5.74, 6) is -1.03. The molecule has 3 unspecified atom stereocenters. The van der Waals surface area contributed by atoms with Crippen LogP contribution in [-0.2, 0) is 14.3 Å². The van der Waals surface area contributed by atoms with Crippen LogP contribution in [0, 0.1) is 5.92 Å². The Morgan fingerprint density at radius 3 is 2.23 bits per heavy atom. The molecule has 0 saturated carbocycles. The lowest BCUT2D eigenvalue weighted by molar-refractivity contribution is -0.124. The number of hydrogen-bond acceptors (Lipinski definition) is 4. The summed E-state index contributed by atoms with van der Waals surface area (Å²) in [7, 11) is 1.46. The highest BCUT2D eigenvalue weighted by Crippen LogP contribution is 2.17. The van der Waals surface area contributed by atoms with Gasteiger partial charge >= 0.3 is 0 Å². The molecule has 1 aromatic carbocycles. The second-order valence-electron chi connectivity index (χ2n) is 5.20. The molecule has 3 N–H and O–H groups in total. The zero-order valence-corrected chi connectivity index (χ0v) is 13.4. The maximum Gasteiger partial charge on any atom is 0.253 e. The lowest BCUT2D eigenvalue weighted by atomic mass is 10.0. The molecule has 0 aliphatic rings. The van der Waals surface area contributed by atoms with E-state index < -0.39 is 18.1 Å². The lowest BCUT2D eigenvalue weighted by Gasteiger charge is -2.17. The van der Waals surface area contributed by atoms with Crippen molar-refractivity contribution in [1.29, 1.82) is 0 Å². The molecule has 0 aromatic heterocycles. The number of methoxy groups -OCH3 is 1. The number of carbonyl (C=O) groups is 2. The minimum absolute atomic E-state index is 0.261. The summed E-state index contributed by atoms with van der Waals surface area (Å²) >= 11 is 0. The van der Waals surface area contributed by atoms with Gasteiger partial charge in [-0.15, -0.1) is 0 Å². The van der Waals surface area contributed by atoms with Gasteiger partial charge in [-0.2, -0.15) is 0 Å². The molecule has 122 valence electrons. The Kier molecular flexibility index (Phi) is 7.01. The van der Waals surface area contributed by atoms with Gasteiger partial charge in [0.2, 0.25) is 5.91 Å². The second kappa shape index (κ2) is 8.51. The molecule has 1 aromatic rings. The second-order valence-corrected chi connectivity index (χ2v) is 5.20. The van der Waals surface area contributed by atoms with Crippen LogP contribution >= 0.6 is 0 Å². The van der Waals surface area contributed by atoms with Crippen molar-refractivity contribution < 1.29 is 19.4 Å². The summed E-state index contributed by atoms with van der Waals surface area (Å²) in [5, 5.41) is 15.1. The molecule has 6 nitrogen and oxygen atoms in total. The minimum Gasteiger partial charge on any atom is -0.392 e. The molecule has 0 radical (unpaired) electrons. The molecule has 0 fully saturated rings. The third-order valence-corrected chi connectivity index (χ3v) is 3.53. The first-order valence-corrected chi connectivity index (χ1v) is 7.31. The first-order valence-electron chi connectivity index (χ1n) is 7.31. The van der Waals surface area contributed by atoms with Gasteiger partial charge < -0.3 is 20.5 Å². The summed E-state index contributed by atoms with van der Waals surface area (Å²) < 4.78 is 4.94. The third kappa shape index (κ3) is 5.13. The van der Waals surface area contributed by atoms with Gasteiger partial charge in [-0.05, 0) is 31.5 Å². The van der Waals surface area contributed by atoms with E-state index in [-0.39, 0.29) is 11.8 Å². The molecule has 0 aliphatic heterocycles. The number of amides is 2. The molecule has 0 saturated heterocycles. The molecular formula is C16H24N2O4. The average Bonchev–Trinajstić information content (AvgIpc) is 2.52. The predicted molar refractivity (Wildman–Crippen MR) is 85.6 cm³/mol. The van der Waals surface area contributed by atoms with Crippen molar-refractivity contribution in [2.75, 3.05) is 17.7 Å². The SMILES string of the molecule is CCC(O)C(C)C(=O)Nc1cccc(NC(=O)C(C)OC)c1. The van der Waals surface area contributed by atoms with Crippen molar-refractivity contribution in [1.82, 2.24) is 0 Å². The maximum absolute atomic E-state index is 12.0. The summed E-state index contributed by atoms with van der Waals surface area (Å²) in [6, 6.07) is 6.82. The van der Waals surface area contributed by atoms with Gasteiger partial charge in [-0.3, -0.25) is 9.59 Å². The van der Waals surface area contributed by atoms with Crippen molar-refractivity contribution in [2.45, 2.75) is 39.4 Å². The number of aliphatic hydroxyl groups excluding tert-OH is 1. The Hall–Kier alpha value is -1.92. The fraction of sp³-hybridized carbons (Fsp3) is 0.500. The standard InChI is InChI=1S/C16H24N2O4/c1-5-14(19)10(2)15(20)17-12-7-6-8-13(9-12)18-16(21)11(3)22-4/h6-11,14,19H,5H2,1-4H3,(H,17,20)(H,18,21). The van der Waals surface area contributed by atoms with E-state index in [0.717, 1.165) is 0 Å². The van der Waals surface area contributed by atoms with Gasteiger partial charge in [0.15, 0.2) is 0 Å². The van der Waals surface area contributed by atoms with Gasteiger partial charge in [-0.1, -0.05) is 19.9 Å². The summed E-state index contributed by atoms with van der Waals surface area (Å²) in [6.45, 7) is 5.14. The monoisotopic (exact) mass is 308 g/mol. The van der Waals surface area contributed by atoms with Crippen molar-refractivity contribution in [2.24, 2.45) is 5.92 Å². The third-order valence-electron chi connectivity index (χ3n) is 3.53. The molecule has 2 amide bonds. The normalized spacial score (nSPS) is 14.8. The first-order chi connectivity index (χ1) is 10.4. The number of anilines is 2. The van der Waals surface area contributed by atoms with E-state index in [2.05, 4.69) is 10.6 Å². The van der Waals surface area contributed by atoms with Crippen LogP contribution in [0.2, 0.25) is 0 Å². The zero-order chi connectivity index (χ0) is 16.7. The largest absolute Gasteiger partial charge is 0.392 e. The number of rotatable bonds is 7. The number of ether oxygens (including phenoxy) is 1. The Balaban J connectivity index is 2.72. The number of carbonyl (C=O) groups excluding carboxylic acids is 2. The van der Waals surface area contributed by atoms with E-state index in [0.29, 0.717) is 17.8 Å². The summed E-state index contributed by atoms with van der Waals surface area (Å²) in [6.07, 6.45) is -0.719. The van der Waals surface area contributed by atoms with Gasteiger partial charge in [-0.25, -0.2) is 0 Å². The van der Waals surface area contributed by atoms with E-state index in [4.69, 9.17) is 4.74 Å². The molecule has 0 aliphatic carbocycles. The fourth-order valence-electron chi connectivity index (χ4n) is 1.81. The van der Waals surface area contributed by atoms with Crippen LogP contribution in [0.25, 0.3) is 0 Å². The average molecular weight is 308 g/mol. The zero-order valence-electron chi connectivity index (χ0n) is 13.4. The molecule has 0 heterocycles. The summed E-state index contributed by atoms with van der Waals surface area (Å²) in [4.78, 5) is 23.8. The number of aliphatic hydroxyl groups is 1. The lowest BCUT2D eigenvalue weighted by Crippen LogP contribution is -2.30. The number of nitrogens with one attached hydrogen (secondary N) is 2. The number of hydrogen-bond donors (Lipinski definition) is 3. The molecule has 0 bridgehead atoms. The van der Waals surface area contributed by atoms with Crippen LogP contribution in [0.15, 0.2) is 24.3 Å². The van der Waals surface area contributed by atoms with Crippen molar-refractivity contribution in [3.05, 3.63) is 24.3 Å². The van der Waals surface area contributed by atoms with Crippen molar-refractivity contribution in [3.8, 4) is 0 Å². The van der Waals surface area contributed by atoms with Crippen LogP contribution in [0.1, 0.15) is 27.2 Å². The minimum atomic E-state index is -0.676. The smallest absolute Gasteiger partial charge is 0.253 e. The van der Waals surface area contributed by atoms with Gasteiger partial charge in [0.05, 0.1) is 12.0 Å². The Morgan fingerprint density at radius 2 is 1.73 bits per heavy atom. The Labute approximate surface area is 130 Å². The van der Waals surface area contributed by atoms with Gasteiger partial charge in [0.25, 0.3) is 5.91 Å². The highest BCUT2D eigenvalue weighted by molar-refractivity contribution is 5.96. The topological polar surface area (TPSA) is 87.7 Å². The molecule has 1 rings (SSSR count). The van der Waals surface area contributed by atoms with Crippen molar-refractivity contribution in [3.63, 3.8) is 0 Å². The van der Waals surface area contributed by atoms with Crippen molar-refractivity contribution >= 4 is 23.2 Å². The van der Waals surface area contributed by atoms with E-state index in [1.165, 1.54) is 7.11 Å². The van der Waals surface area contributed by atoms with E-state index in [1.54, 1.807) is 38.1 Å². The van der Waals surface area contributed by atoms with E-state index in [9.17, 15) is 14.7 Å². The van der Waals surface area contributed by atoms with Crippen LogP contribution in [0.4, 0.5) is 11.4 Å². The first kappa shape index (κ1) is 18.1. The fourth-order valence-corrected chi connectivity index (χ4v) is 1.81. The quantitative estimate of drug-likeness (QED) is 0.719. The van der Waals surface area contributed by atoms with Crippen LogP contribution in [0.3, 0.4) is 0 Å². The molecule has 6 heteroatoms. The highest BCUT2D eigenvalue weighted by atomic mass is 16.5. The molecule has 3 atom stereocenters. The molecule has 0 spiro atoms. The Bertz CT molecular complexity index is 519. The van der Waals surface area contributed by atoms with Gasteiger partial charge in [0.1, 0.15) is 6.10 Å². The van der Waals surface area contributed by atoms with Crippen LogP contribution in [0.5, 0.6) is 0 Å². The van der Waals surface area contributed by atoms with E-state index in [1.807, 2.05) is 6.92 Å². The van der Waals surface area contributed by atoms with Gasteiger partial charge in [0, 0.05) is 18.5 Å². The van der Waals surface area contributed by atoms with Crippen LogP contribution in [-0.4, -0.2) is 36.2 Å². The predicted octanol–water partition coefficient (Wildman–Crippen LogP) is 2.01. The molecular weight excluding hydrogens is 284 g/mol. The van der Waals surface area contributed by atoms with E-state index >= 15 is 0 Å². The summed E-state index contributed by atoms with van der Waals surface area (Å²) in [5.41, 5.74) is 1.12.